The minimum atomic E-state index is 0.110. The molecule has 118 valence electrons. The Labute approximate surface area is 132 Å². The van der Waals surface area contributed by atoms with E-state index in [9.17, 15) is 0 Å². The molecule has 1 aliphatic heterocycles. The van der Waals surface area contributed by atoms with Crippen molar-refractivity contribution in [3.8, 4) is 11.5 Å². The number of benzene rings is 1. The first kappa shape index (κ1) is 16.4. The molecular weight excluding hydrogens is 288 g/mol. The number of hydrogen-bond acceptors (Lipinski definition) is 4. The van der Waals surface area contributed by atoms with Gasteiger partial charge in [0.1, 0.15) is 0 Å². The van der Waals surface area contributed by atoms with Gasteiger partial charge in [-0.25, -0.2) is 0 Å². The van der Waals surface area contributed by atoms with E-state index in [4.69, 9.17) is 26.8 Å². The van der Waals surface area contributed by atoms with Crippen LogP contribution in [0.15, 0.2) is 12.1 Å². The van der Waals surface area contributed by atoms with Crippen LogP contribution < -0.4 is 15.2 Å². The number of nitrogens with zero attached hydrogens (tertiary/aromatic N) is 1. The first-order valence-corrected chi connectivity index (χ1v) is 7.66. The summed E-state index contributed by atoms with van der Waals surface area (Å²) in [6.45, 7) is 7.18. The van der Waals surface area contributed by atoms with Crippen molar-refractivity contribution >= 4 is 11.6 Å². The maximum Gasteiger partial charge on any atom is 0.179 e. The van der Waals surface area contributed by atoms with Gasteiger partial charge in [-0.1, -0.05) is 31.5 Å². The summed E-state index contributed by atoms with van der Waals surface area (Å²) < 4.78 is 10.7. The van der Waals surface area contributed by atoms with E-state index in [1.807, 2.05) is 12.1 Å². The second kappa shape index (κ2) is 6.42. The molecule has 1 fully saturated rings. The van der Waals surface area contributed by atoms with E-state index in [1.54, 1.807) is 14.2 Å². The molecule has 0 bridgehead atoms. The topological polar surface area (TPSA) is 47.7 Å². The van der Waals surface area contributed by atoms with Gasteiger partial charge in [-0.15, -0.1) is 0 Å². The number of hydrogen-bond donors (Lipinski definition) is 1. The first-order valence-electron chi connectivity index (χ1n) is 7.28. The van der Waals surface area contributed by atoms with Crippen LogP contribution in [-0.4, -0.2) is 38.8 Å². The normalized spacial score (nSPS) is 19.5. The molecule has 0 radical (unpaired) electrons. The second-order valence-electron chi connectivity index (χ2n) is 6.34. The molecule has 1 saturated heterocycles. The van der Waals surface area contributed by atoms with E-state index < -0.39 is 0 Å². The van der Waals surface area contributed by atoms with Crippen molar-refractivity contribution in [1.29, 1.82) is 0 Å². The van der Waals surface area contributed by atoms with E-state index in [-0.39, 0.29) is 6.04 Å². The summed E-state index contributed by atoms with van der Waals surface area (Å²) in [5.41, 5.74) is 7.37. The molecule has 5 heteroatoms. The highest BCUT2D eigenvalue weighted by atomic mass is 35.5. The summed E-state index contributed by atoms with van der Waals surface area (Å²) in [6.07, 6.45) is 1.18. The van der Waals surface area contributed by atoms with Crippen molar-refractivity contribution in [3.63, 3.8) is 0 Å². The van der Waals surface area contributed by atoms with Gasteiger partial charge in [-0.05, 0) is 30.0 Å². The first-order chi connectivity index (χ1) is 9.93. The van der Waals surface area contributed by atoms with Crippen molar-refractivity contribution < 1.29 is 9.47 Å². The van der Waals surface area contributed by atoms with E-state index in [2.05, 4.69) is 18.7 Å². The van der Waals surface area contributed by atoms with Crippen LogP contribution in [0.2, 0.25) is 5.02 Å². The predicted octanol–water partition coefficient (Wildman–Crippen LogP) is 3.09. The Balaban J connectivity index is 2.35. The van der Waals surface area contributed by atoms with Gasteiger partial charge in [-0.3, -0.25) is 4.90 Å². The van der Waals surface area contributed by atoms with Crippen molar-refractivity contribution in [3.05, 3.63) is 22.7 Å². The predicted molar refractivity (Wildman–Crippen MR) is 86.3 cm³/mol. The lowest BCUT2D eigenvalue weighted by molar-refractivity contribution is 0.223. The minimum Gasteiger partial charge on any atom is -0.493 e. The lowest BCUT2D eigenvalue weighted by atomic mass is 9.93. The molecule has 0 aliphatic carbocycles. The average Bonchev–Trinajstić information content (AvgIpc) is 2.81. The number of nitrogens with two attached hydrogens (primary N) is 1. The van der Waals surface area contributed by atoms with Crippen LogP contribution >= 0.6 is 11.6 Å². The summed E-state index contributed by atoms with van der Waals surface area (Å²) in [4.78, 5) is 2.41. The molecule has 2 rings (SSSR count). The van der Waals surface area contributed by atoms with E-state index in [0.717, 1.165) is 18.7 Å². The van der Waals surface area contributed by atoms with Gasteiger partial charge in [0, 0.05) is 19.1 Å². The Bertz CT molecular complexity index is 505. The molecule has 21 heavy (non-hydrogen) atoms. The third-order valence-corrected chi connectivity index (χ3v) is 4.63. The van der Waals surface area contributed by atoms with Crippen LogP contribution in [0, 0.1) is 5.41 Å². The summed E-state index contributed by atoms with van der Waals surface area (Å²) in [6, 6.07) is 4.00. The highest BCUT2D eigenvalue weighted by Crippen LogP contribution is 2.42. The molecule has 1 aromatic rings. The average molecular weight is 313 g/mol. The highest BCUT2D eigenvalue weighted by molar-refractivity contribution is 6.33. The van der Waals surface area contributed by atoms with Crippen molar-refractivity contribution in [2.45, 2.75) is 26.3 Å². The van der Waals surface area contributed by atoms with Gasteiger partial charge in [0.25, 0.3) is 0 Å². The number of likely N-dealkylation sites (tertiary alicyclic amines) is 1. The maximum atomic E-state index is 6.53. The second-order valence-corrected chi connectivity index (χ2v) is 6.72. The smallest absolute Gasteiger partial charge is 0.179 e. The van der Waals surface area contributed by atoms with Crippen LogP contribution in [0.5, 0.6) is 11.5 Å². The molecule has 1 atom stereocenters. The lowest BCUT2D eigenvalue weighted by Gasteiger charge is -2.29. The monoisotopic (exact) mass is 312 g/mol. The molecule has 0 spiro atoms. The fourth-order valence-corrected chi connectivity index (χ4v) is 3.41. The summed E-state index contributed by atoms with van der Waals surface area (Å²) in [5, 5.41) is 0.594. The molecule has 1 aromatic carbocycles. The van der Waals surface area contributed by atoms with Crippen molar-refractivity contribution in [2.24, 2.45) is 11.1 Å². The Kier molecular flexibility index (Phi) is 5.02. The molecule has 1 aliphatic rings. The van der Waals surface area contributed by atoms with E-state index >= 15 is 0 Å². The van der Waals surface area contributed by atoms with Gasteiger partial charge >= 0.3 is 0 Å². The van der Waals surface area contributed by atoms with E-state index in [0.29, 0.717) is 28.5 Å². The van der Waals surface area contributed by atoms with Gasteiger partial charge in [-0.2, -0.15) is 0 Å². The molecule has 0 saturated carbocycles. The Morgan fingerprint density at radius 3 is 2.52 bits per heavy atom. The third-order valence-electron chi connectivity index (χ3n) is 4.24. The van der Waals surface area contributed by atoms with Crippen LogP contribution in [0.25, 0.3) is 0 Å². The van der Waals surface area contributed by atoms with Crippen LogP contribution in [0.1, 0.15) is 31.9 Å². The Morgan fingerprint density at radius 2 is 2.05 bits per heavy atom. The molecule has 0 aromatic heterocycles. The number of rotatable bonds is 5. The number of ether oxygens (including phenoxy) is 2. The van der Waals surface area contributed by atoms with Crippen LogP contribution in [0.4, 0.5) is 0 Å². The fourth-order valence-electron chi connectivity index (χ4n) is 3.05. The van der Waals surface area contributed by atoms with Gasteiger partial charge in [0.15, 0.2) is 11.5 Å². The number of methoxy groups -OCH3 is 2. The molecule has 0 amide bonds. The van der Waals surface area contributed by atoms with Crippen LogP contribution in [0.3, 0.4) is 0 Å². The lowest BCUT2D eigenvalue weighted by Crippen LogP contribution is -2.33. The molecule has 4 nitrogen and oxygen atoms in total. The SMILES string of the molecule is COc1ccc(C(CN)N2CCC(C)(C)C2)c(Cl)c1OC. The maximum absolute atomic E-state index is 6.53. The van der Waals surface area contributed by atoms with Crippen LogP contribution in [-0.2, 0) is 0 Å². The molecule has 1 unspecified atom stereocenters. The zero-order valence-electron chi connectivity index (χ0n) is 13.3. The van der Waals surface area contributed by atoms with Gasteiger partial charge in [0.05, 0.1) is 19.2 Å². The van der Waals surface area contributed by atoms with Gasteiger partial charge < -0.3 is 15.2 Å². The van der Waals surface area contributed by atoms with Gasteiger partial charge in [0.2, 0.25) is 0 Å². The highest BCUT2D eigenvalue weighted by Gasteiger charge is 2.34. The van der Waals surface area contributed by atoms with Crippen molar-refractivity contribution in [2.75, 3.05) is 33.9 Å². The quantitative estimate of drug-likeness (QED) is 0.907. The molecule has 1 heterocycles. The van der Waals surface area contributed by atoms with E-state index in [1.165, 1.54) is 6.42 Å². The standard InChI is InChI=1S/C16H25ClN2O2/c1-16(2)7-8-19(10-16)12(9-18)11-5-6-13(20-3)15(21-4)14(11)17/h5-6,12H,7-10,18H2,1-4H3. The third kappa shape index (κ3) is 3.28. The zero-order chi connectivity index (χ0) is 15.6. The zero-order valence-corrected chi connectivity index (χ0v) is 14.0. The minimum absolute atomic E-state index is 0.110. The molecule has 2 N–H and O–H groups in total. The molecular formula is C16H25ClN2O2. The largest absolute Gasteiger partial charge is 0.493 e. The Hall–Kier alpha value is -0.970. The Morgan fingerprint density at radius 1 is 1.33 bits per heavy atom. The summed E-state index contributed by atoms with van der Waals surface area (Å²) in [7, 11) is 3.21. The number of halogens is 1. The summed E-state index contributed by atoms with van der Waals surface area (Å²) in [5.74, 6) is 1.22. The van der Waals surface area contributed by atoms with Crippen molar-refractivity contribution in [1.82, 2.24) is 4.90 Å². The fraction of sp³-hybridized carbons (Fsp3) is 0.625. The summed E-state index contributed by atoms with van der Waals surface area (Å²) >= 11 is 6.53.